The lowest BCUT2D eigenvalue weighted by molar-refractivity contribution is -0.137. The van der Waals surface area contributed by atoms with Crippen LogP contribution in [0.3, 0.4) is 0 Å². The number of nitrogens with two attached hydrogens (primary N) is 1. The Morgan fingerprint density at radius 1 is 1.47 bits per heavy atom. The Morgan fingerprint density at radius 2 is 2.13 bits per heavy atom. The molecule has 0 radical (unpaired) electrons. The molecule has 0 amide bonds. The molecule has 0 atom stereocenters. The largest absolute Gasteiger partial charge is 0.417 e. The van der Waals surface area contributed by atoms with Gasteiger partial charge in [0.2, 0.25) is 0 Å². The summed E-state index contributed by atoms with van der Waals surface area (Å²) in [6, 6.07) is 0.838. The van der Waals surface area contributed by atoms with Gasteiger partial charge in [-0.15, -0.1) is 0 Å². The molecule has 1 aromatic heterocycles. The summed E-state index contributed by atoms with van der Waals surface area (Å²) in [6.07, 6.45) is -0.654. The highest BCUT2D eigenvalue weighted by Gasteiger charge is 2.31. The number of aromatic nitrogens is 1. The molecule has 1 aromatic rings. The van der Waals surface area contributed by atoms with Crippen molar-refractivity contribution in [2.45, 2.75) is 6.18 Å². The van der Waals surface area contributed by atoms with E-state index in [4.69, 9.17) is 17.3 Å². The molecule has 0 saturated heterocycles. The van der Waals surface area contributed by atoms with Crippen molar-refractivity contribution in [3.05, 3.63) is 34.6 Å². The normalized spacial score (nSPS) is 12.3. The van der Waals surface area contributed by atoms with E-state index in [1.807, 2.05) is 0 Å². The predicted molar refractivity (Wildman–Crippen MR) is 52.3 cm³/mol. The highest BCUT2D eigenvalue weighted by atomic mass is 35.5. The summed E-state index contributed by atoms with van der Waals surface area (Å²) < 4.78 is 36.6. The van der Waals surface area contributed by atoms with E-state index < -0.39 is 11.7 Å². The van der Waals surface area contributed by atoms with Crippen LogP contribution in [0.5, 0.6) is 0 Å². The minimum atomic E-state index is -4.42. The van der Waals surface area contributed by atoms with Gasteiger partial charge < -0.3 is 5.73 Å². The maximum absolute atomic E-state index is 12.2. The summed E-state index contributed by atoms with van der Waals surface area (Å²) in [4.78, 5) is 3.59. The highest BCUT2D eigenvalue weighted by Crippen LogP contribution is 2.31. The molecule has 0 aliphatic heterocycles. The fraction of sp³-hybridized carbons (Fsp3) is 0.222. The van der Waals surface area contributed by atoms with Gasteiger partial charge >= 0.3 is 6.18 Å². The molecule has 0 aliphatic rings. The second-order valence-electron chi connectivity index (χ2n) is 2.73. The molecule has 0 unspecified atom stereocenters. The quantitative estimate of drug-likeness (QED) is 0.858. The Balaban J connectivity index is 3.04. The smallest absolute Gasteiger partial charge is 0.327 e. The number of rotatable bonds is 2. The summed E-state index contributed by atoms with van der Waals surface area (Å²) in [5.41, 5.74) is 4.60. The van der Waals surface area contributed by atoms with E-state index in [0.29, 0.717) is 0 Å². The zero-order valence-corrected chi connectivity index (χ0v) is 8.31. The molecule has 82 valence electrons. The van der Waals surface area contributed by atoms with Gasteiger partial charge in [0, 0.05) is 12.7 Å². The Kier molecular flexibility index (Phi) is 3.71. The number of halogens is 4. The van der Waals surface area contributed by atoms with Crippen molar-refractivity contribution >= 4 is 17.7 Å². The average molecular weight is 237 g/mol. The van der Waals surface area contributed by atoms with Gasteiger partial charge in [0.05, 0.1) is 16.3 Å². The molecule has 0 aliphatic carbocycles. The number of hydrogen-bond acceptors (Lipinski definition) is 2. The predicted octanol–water partition coefficient (Wildman–Crippen LogP) is 2.73. The van der Waals surface area contributed by atoms with Crippen LogP contribution in [0.2, 0.25) is 5.02 Å². The van der Waals surface area contributed by atoms with Gasteiger partial charge in [-0.25, -0.2) is 0 Å². The zero-order valence-electron chi connectivity index (χ0n) is 7.55. The van der Waals surface area contributed by atoms with Crippen LogP contribution < -0.4 is 5.73 Å². The van der Waals surface area contributed by atoms with Gasteiger partial charge in [0.25, 0.3) is 0 Å². The summed E-state index contributed by atoms with van der Waals surface area (Å²) >= 11 is 5.62. The van der Waals surface area contributed by atoms with Crippen molar-refractivity contribution in [3.63, 3.8) is 0 Å². The Morgan fingerprint density at radius 3 is 2.60 bits per heavy atom. The second kappa shape index (κ2) is 4.63. The fourth-order valence-corrected chi connectivity index (χ4v) is 1.14. The van der Waals surface area contributed by atoms with E-state index in [0.717, 1.165) is 12.3 Å². The number of pyridine rings is 1. The molecule has 2 N–H and O–H groups in total. The Bertz CT molecular complexity index is 374. The fourth-order valence-electron chi connectivity index (χ4n) is 0.906. The van der Waals surface area contributed by atoms with Gasteiger partial charge in [-0.1, -0.05) is 17.7 Å². The van der Waals surface area contributed by atoms with Crippen LogP contribution in [-0.4, -0.2) is 11.5 Å². The topological polar surface area (TPSA) is 38.9 Å². The average Bonchev–Trinajstić information content (AvgIpc) is 2.14. The van der Waals surface area contributed by atoms with Crippen molar-refractivity contribution in [1.82, 2.24) is 4.98 Å². The summed E-state index contributed by atoms with van der Waals surface area (Å²) in [5.74, 6) is 0. The second-order valence-corrected chi connectivity index (χ2v) is 3.13. The van der Waals surface area contributed by atoms with E-state index in [9.17, 15) is 13.2 Å². The Hall–Kier alpha value is -1.07. The monoisotopic (exact) mass is 236 g/mol. The van der Waals surface area contributed by atoms with Gasteiger partial charge in [0.1, 0.15) is 0 Å². The van der Waals surface area contributed by atoms with Crippen LogP contribution in [-0.2, 0) is 6.18 Å². The van der Waals surface area contributed by atoms with E-state index in [-0.39, 0.29) is 17.3 Å². The van der Waals surface area contributed by atoms with Crippen molar-refractivity contribution in [1.29, 1.82) is 0 Å². The minimum Gasteiger partial charge on any atom is -0.327 e. The van der Waals surface area contributed by atoms with Crippen LogP contribution in [0.15, 0.2) is 18.3 Å². The number of nitrogens with zero attached hydrogens (tertiary/aromatic N) is 1. The molecule has 0 bridgehead atoms. The lowest BCUT2D eigenvalue weighted by atomic mass is 10.2. The minimum absolute atomic E-state index is 0.0467. The van der Waals surface area contributed by atoms with E-state index in [1.54, 1.807) is 6.08 Å². The molecular formula is C9H8ClF3N2. The summed E-state index contributed by atoms with van der Waals surface area (Å²) in [7, 11) is 0. The first kappa shape index (κ1) is 12.0. The zero-order chi connectivity index (χ0) is 11.5. The molecule has 0 spiro atoms. The van der Waals surface area contributed by atoms with Crippen molar-refractivity contribution in [2.24, 2.45) is 5.73 Å². The van der Waals surface area contributed by atoms with Gasteiger partial charge in [0.15, 0.2) is 0 Å². The number of hydrogen-bond donors (Lipinski definition) is 1. The third kappa shape index (κ3) is 3.21. The molecule has 0 aromatic carbocycles. The maximum atomic E-state index is 12.2. The molecule has 0 saturated carbocycles. The molecule has 15 heavy (non-hydrogen) atoms. The summed E-state index contributed by atoms with van der Waals surface area (Å²) in [5, 5.41) is -0.0467. The molecule has 1 heterocycles. The SMILES string of the molecule is NCC=Cc1ncc(C(F)(F)F)cc1Cl. The van der Waals surface area contributed by atoms with Crippen LogP contribution in [0.25, 0.3) is 6.08 Å². The third-order valence-corrected chi connectivity index (χ3v) is 1.91. The van der Waals surface area contributed by atoms with Crippen molar-refractivity contribution < 1.29 is 13.2 Å². The first-order valence-corrected chi connectivity index (χ1v) is 4.42. The maximum Gasteiger partial charge on any atom is 0.417 e. The molecular weight excluding hydrogens is 229 g/mol. The molecule has 1 rings (SSSR count). The standard InChI is InChI=1S/C9H8ClF3N2/c10-7-4-6(9(11,12)13)5-15-8(7)2-1-3-14/h1-2,4-5H,3,14H2. The van der Waals surface area contributed by atoms with Gasteiger partial charge in [-0.2, -0.15) is 13.2 Å². The third-order valence-electron chi connectivity index (χ3n) is 1.61. The van der Waals surface area contributed by atoms with E-state index in [2.05, 4.69) is 4.98 Å². The van der Waals surface area contributed by atoms with Crippen molar-refractivity contribution in [2.75, 3.05) is 6.54 Å². The van der Waals surface area contributed by atoms with E-state index in [1.165, 1.54) is 6.08 Å². The lowest BCUT2D eigenvalue weighted by Gasteiger charge is -2.06. The highest BCUT2D eigenvalue weighted by molar-refractivity contribution is 6.31. The van der Waals surface area contributed by atoms with Gasteiger partial charge in [-0.3, -0.25) is 4.98 Å². The first-order chi connectivity index (χ1) is 6.95. The van der Waals surface area contributed by atoms with Crippen LogP contribution in [0, 0.1) is 0 Å². The first-order valence-electron chi connectivity index (χ1n) is 4.04. The molecule has 0 fully saturated rings. The molecule has 6 heteroatoms. The molecule has 2 nitrogen and oxygen atoms in total. The van der Waals surface area contributed by atoms with Gasteiger partial charge in [-0.05, 0) is 12.1 Å². The van der Waals surface area contributed by atoms with Crippen LogP contribution in [0.1, 0.15) is 11.3 Å². The number of alkyl halides is 3. The van der Waals surface area contributed by atoms with E-state index >= 15 is 0 Å². The lowest BCUT2D eigenvalue weighted by Crippen LogP contribution is -2.05. The van der Waals surface area contributed by atoms with Crippen molar-refractivity contribution in [3.8, 4) is 0 Å². The Labute approximate surface area is 89.6 Å². The van der Waals surface area contributed by atoms with Crippen LogP contribution >= 0.6 is 11.6 Å². The van der Waals surface area contributed by atoms with Crippen LogP contribution in [0.4, 0.5) is 13.2 Å². The summed E-state index contributed by atoms with van der Waals surface area (Å²) in [6.45, 7) is 0.277.